The first-order valence-corrected chi connectivity index (χ1v) is 17.8. The van der Waals surface area contributed by atoms with Crippen LogP contribution in [0.15, 0.2) is 53.4 Å². The number of benzene rings is 3. The van der Waals surface area contributed by atoms with Gasteiger partial charge in [0, 0.05) is 35.8 Å². The minimum Gasteiger partial charge on any atom is -0.454 e. The SMILES string of the molecule is CC1=CC(C)(C)[N+](C)=c2c1cc1c(c2S(=O)(=O)O)Oc2c(cc3c(c2C)CC(C)(C)C=C3CS(=O)(=O)O)C=1c1ccccc1C=O. The van der Waals surface area contributed by atoms with Gasteiger partial charge in [0.15, 0.2) is 17.6 Å². The molecule has 6 rings (SSSR count). The summed E-state index contributed by atoms with van der Waals surface area (Å²) in [7, 11) is -7.50. The normalized spacial score (nSPS) is 17.9. The molecule has 0 atom stereocenters. The van der Waals surface area contributed by atoms with Crippen molar-refractivity contribution in [2.75, 3.05) is 12.8 Å². The molecule has 2 heterocycles. The summed E-state index contributed by atoms with van der Waals surface area (Å²) in [5.74, 6) is -0.319. The average Bonchev–Trinajstić information content (AvgIpc) is 2.93. The molecule has 2 N–H and O–H groups in total. The van der Waals surface area contributed by atoms with Crippen molar-refractivity contribution in [1.82, 2.24) is 4.58 Å². The summed E-state index contributed by atoms with van der Waals surface area (Å²) in [6.07, 6.45) is 5.10. The second kappa shape index (κ2) is 10.3. The van der Waals surface area contributed by atoms with Crippen molar-refractivity contribution in [2.24, 2.45) is 5.41 Å². The molecule has 0 aromatic heterocycles. The lowest BCUT2D eigenvalue weighted by atomic mass is 9.73. The lowest BCUT2D eigenvalue weighted by Gasteiger charge is -2.34. The van der Waals surface area contributed by atoms with Gasteiger partial charge in [0.2, 0.25) is 10.3 Å². The van der Waals surface area contributed by atoms with E-state index < -0.39 is 36.9 Å². The second-order valence-electron chi connectivity index (χ2n) is 13.6. The van der Waals surface area contributed by atoms with Crippen LogP contribution in [0, 0.1) is 12.3 Å². The van der Waals surface area contributed by atoms with Crippen molar-refractivity contribution in [3.8, 4) is 11.5 Å². The minimum absolute atomic E-state index is 0.0615. The molecule has 240 valence electrons. The highest BCUT2D eigenvalue weighted by atomic mass is 32.2. The van der Waals surface area contributed by atoms with Crippen molar-refractivity contribution in [1.29, 1.82) is 0 Å². The highest BCUT2D eigenvalue weighted by molar-refractivity contribution is 7.86. The van der Waals surface area contributed by atoms with Crippen LogP contribution in [-0.2, 0) is 26.7 Å². The molecular weight excluding hydrogens is 627 g/mol. The number of ether oxygens (including phenoxy) is 1. The van der Waals surface area contributed by atoms with E-state index in [0.29, 0.717) is 67.3 Å². The van der Waals surface area contributed by atoms with Gasteiger partial charge in [-0.05, 0) is 77.3 Å². The van der Waals surface area contributed by atoms with Gasteiger partial charge in [0.25, 0.3) is 10.1 Å². The molecule has 3 aromatic carbocycles. The third-order valence-electron chi connectivity index (χ3n) is 9.29. The highest BCUT2D eigenvalue weighted by Gasteiger charge is 2.40. The Balaban J connectivity index is 1.87. The highest BCUT2D eigenvalue weighted by Crippen LogP contribution is 2.48. The van der Waals surface area contributed by atoms with Gasteiger partial charge in [-0.2, -0.15) is 16.8 Å². The number of aldehydes is 1. The van der Waals surface area contributed by atoms with Gasteiger partial charge in [-0.25, -0.2) is 4.58 Å². The number of carbonyl (C=O) groups excluding carboxylic acids is 1. The Hall–Kier alpha value is -3.90. The number of hydrogen-bond donors (Lipinski definition) is 2. The molecule has 0 fully saturated rings. The van der Waals surface area contributed by atoms with Crippen molar-refractivity contribution in [3.05, 3.63) is 98.1 Å². The lowest BCUT2D eigenvalue weighted by Crippen LogP contribution is -2.49. The van der Waals surface area contributed by atoms with E-state index in [0.717, 1.165) is 17.4 Å². The zero-order valence-corrected chi connectivity index (χ0v) is 28.4. The topological polar surface area (TPSA) is 138 Å². The second-order valence-corrected chi connectivity index (χ2v) is 16.5. The third kappa shape index (κ3) is 5.15. The van der Waals surface area contributed by atoms with Crippen molar-refractivity contribution < 1.29 is 35.5 Å². The van der Waals surface area contributed by atoms with Gasteiger partial charge in [-0.3, -0.25) is 13.9 Å². The van der Waals surface area contributed by atoms with E-state index in [1.807, 2.05) is 59.8 Å². The van der Waals surface area contributed by atoms with Crippen molar-refractivity contribution >= 4 is 43.2 Å². The van der Waals surface area contributed by atoms with Gasteiger partial charge in [0.05, 0.1) is 5.56 Å². The van der Waals surface area contributed by atoms with E-state index >= 15 is 0 Å². The third-order valence-corrected chi connectivity index (χ3v) is 10.9. The molecule has 3 aliphatic rings. The molecular formula is C35H36NO8S2+. The molecule has 0 saturated heterocycles. The number of hydrogen-bond acceptors (Lipinski definition) is 6. The standard InChI is InChI=1S/C35H35NO8S2/c1-19-14-35(5,6)36(7)30-24(19)12-27-29(23-11-9-8-10-21(23)17-37)26-13-25-22(18-45(38,39)40)15-34(3,4)16-28(25)20(2)31(26)44-32(27)33(30)46(41,42)43/h8-15,17H,16,18H2,1-7H3,(H-,38,39,40,41,42,43)/p+1. The van der Waals surface area contributed by atoms with E-state index in [1.165, 1.54) is 0 Å². The van der Waals surface area contributed by atoms with Crippen LogP contribution in [0.5, 0.6) is 11.5 Å². The maximum absolute atomic E-state index is 13.4. The van der Waals surface area contributed by atoms with Crippen LogP contribution < -0.4 is 19.9 Å². The van der Waals surface area contributed by atoms with E-state index in [9.17, 15) is 30.7 Å². The van der Waals surface area contributed by atoms with Crippen molar-refractivity contribution in [3.63, 3.8) is 0 Å². The number of carbonyl (C=O) groups is 1. The summed E-state index contributed by atoms with van der Waals surface area (Å²) in [6.45, 7) is 11.5. The zero-order chi connectivity index (χ0) is 33.7. The predicted octanol–water partition coefficient (Wildman–Crippen LogP) is 4.58. The lowest BCUT2D eigenvalue weighted by molar-refractivity contribution is 0.112. The molecule has 0 spiro atoms. The Labute approximate surface area is 268 Å². The molecule has 9 nitrogen and oxygen atoms in total. The number of fused-ring (bicyclic) bond motifs is 4. The van der Waals surface area contributed by atoms with E-state index in [1.54, 1.807) is 42.0 Å². The Morgan fingerprint density at radius 2 is 1.59 bits per heavy atom. The average molecular weight is 663 g/mol. The molecule has 0 radical (unpaired) electrons. The van der Waals surface area contributed by atoms with Crippen LogP contribution >= 0.6 is 0 Å². The number of nitrogens with zero attached hydrogens (tertiary/aromatic N) is 1. The van der Waals surface area contributed by atoms with Crippen LogP contribution in [0.2, 0.25) is 0 Å². The first-order valence-electron chi connectivity index (χ1n) is 14.8. The summed E-state index contributed by atoms with van der Waals surface area (Å²) in [4.78, 5) is 12.0. The van der Waals surface area contributed by atoms with E-state index in [-0.39, 0.29) is 10.6 Å². The smallest absolute Gasteiger partial charge is 0.304 e. The quantitative estimate of drug-likeness (QED) is 0.180. The van der Waals surface area contributed by atoms with Crippen LogP contribution in [0.3, 0.4) is 0 Å². The van der Waals surface area contributed by atoms with Gasteiger partial charge in [-0.15, -0.1) is 0 Å². The Bertz CT molecular complexity index is 2330. The fraction of sp³-hybridized carbons (Fsp3) is 0.314. The molecule has 0 unspecified atom stereocenters. The van der Waals surface area contributed by atoms with Gasteiger partial charge in [-0.1, -0.05) is 44.2 Å². The summed E-state index contributed by atoms with van der Waals surface area (Å²) >= 11 is 0. The van der Waals surface area contributed by atoms with Gasteiger partial charge >= 0.3 is 10.1 Å². The fourth-order valence-corrected chi connectivity index (χ4v) is 8.70. The monoisotopic (exact) mass is 662 g/mol. The maximum Gasteiger partial charge on any atom is 0.304 e. The first-order chi connectivity index (χ1) is 21.2. The summed E-state index contributed by atoms with van der Waals surface area (Å²) < 4.78 is 80.2. The molecule has 11 heteroatoms. The number of allylic oxidation sites excluding steroid dienone is 2. The zero-order valence-electron chi connectivity index (χ0n) is 26.7. The molecule has 2 aliphatic heterocycles. The molecule has 0 bridgehead atoms. The van der Waals surface area contributed by atoms with E-state index in [4.69, 9.17) is 4.74 Å². The largest absolute Gasteiger partial charge is 0.454 e. The Kier molecular flexibility index (Phi) is 7.18. The molecule has 0 saturated carbocycles. The van der Waals surface area contributed by atoms with Gasteiger partial charge in [0.1, 0.15) is 18.6 Å². The summed E-state index contributed by atoms with van der Waals surface area (Å²) in [5, 5.41) is 0.651. The molecule has 46 heavy (non-hydrogen) atoms. The summed E-state index contributed by atoms with van der Waals surface area (Å²) in [6, 6.07) is 10.5. The van der Waals surface area contributed by atoms with Crippen LogP contribution in [0.25, 0.3) is 16.7 Å². The van der Waals surface area contributed by atoms with Crippen LogP contribution in [0.1, 0.15) is 78.4 Å². The maximum atomic E-state index is 13.4. The van der Waals surface area contributed by atoms with Crippen LogP contribution in [-0.4, -0.2) is 50.6 Å². The number of rotatable bonds is 5. The van der Waals surface area contributed by atoms with Crippen LogP contribution in [0.4, 0.5) is 0 Å². The Morgan fingerprint density at radius 3 is 2.22 bits per heavy atom. The van der Waals surface area contributed by atoms with Gasteiger partial charge < -0.3 is 4.74 Å². The van der Waals surface area contributed by atoms with E-state index in [2.05, 4.69) is 0 Å². The predicted molar refractivity (Wildman–Crippen MR) is 177 cm³/mol. The first kappa shape index (κ1) is 32.1. The summed E-state index contributed by atoms with van der Waals surface area (Å²) in [5.41, 5.74) is 4.66. The van der Waals surface area contributed by atoms with Crippen molar-refractivity contribution in [2.45, 2.75) is 58.4 Å². The molecule has 3 aromatic rings. The Morgan fingerprint density at radius 1 is 0.913 bits per heavy atom. The molecule has 1 aliphatic carbocycles. The molecule has 0 amide bonds. The number of likely N-dealkylation sites (N-methyl/N-ethyl adjacent to an activating group) is 1. The minimum atomic E-state index is -4.87. The fourth-order valence-electron chi connectivity index (χ4n) is 7.19.